The summed E-state index contributed by atoms with van der Waals surface area (Å²) in [4.78, 5) is 22.6. The smallest absolute Gasteiger partial charge is 0.326 e. The predicted octanol–water partition coefficient (Wildman–Crippen LogP) is 0.190. The molecular formula is C10H18N2O3S. The molecule has 16 heavy (non-hydrogen) atoms. The quantitative estimate of drug-likeness (QED) is 0.622. The molecule has 4 N–H and O–H groups in total. The first-order chi connectivity index (χ1) is 7.49. The summed E-state index contributed by atoms with van der Waals surface area (Å²) in [7, 11) is 0. The number of nitrogens with two attached hydrogens (primary N) is 1. The zero-order valence-electron chi connectivity index (χ0n) is 9.36. The fourth-order valence-corrected chi connectivity index (χ4v) is 2.05. The van der Waals surface area contributed by atoms with Crippen molar-refractivity contribution >= 4 is 23.6 Å². The van der Waals surface area contributed by atoms with Crippen LogP contribution in [0.5, 0.6) is 0 Å². The lowest BCUT2D eigenvalue weighted by Gasteiger charge is -2.37. The Morgan fingerprint density at radius 2 is 2.19 bits per heavy atom. The first kappa shape index (κ1) is 13.3. The average Bonchev–Trinajstić information content (AvgIpc) is 2.19. The van der Waals surface area contributed by atoms with Gasteiger partial charge in [-0.3, -0.25) is 4.79 Å². The van der Waals surface area contributed by atoms with Crippen molar-refractivity contribution in [2.45, 2.75) is 37.3 Å². The molecule has 0 bridgehead atoms. The summed E-state index contributed by atoms with van der Waals surface area (Å²) < 4.78 is 0. The van der Waals surface area contributed by atoms with E-state index >= 15 is 0 Å². The van der Waals surface area contributed by atoms with Crippen LogP contribution in [0.15, 0.2) is 0 Å². The maximum atomic E-state index is 11.7. The van der Waals surface area contributed by atoms with Crippen LogP contribution in [0, 0.1) is 0 Å². The number of hydrogen-bond acceptors (Lipinski definition) is 4. The fourth-order valence-electron chi connectivity index (χ4n) is 1.58. The zero-order valence-corrected chi connectivity index (χ0v) is 10.2. The van der Waals surface area contributed by atoms with Gasteiger partial charge in [0, 0.05) is 0 Å². The van der Waals surface area contributed by atoms with Crippen molar-refractivity contribution in [3.63, 3.8) is 0 Å². The molecule has 1 amide bonds. The lowest BCUT2D eigenvalue weighted by Crippen LogP contribution is -2.61. The highest BCUT2D eigenvalue weighted by atomic mass is 32.2. The maximum absolute atomic E-state index is 11.7. The average molecular weight is 246 g/mol. The second-order valence-corrected chi connectivity index (χ2v) is 5.14. The maximum Gasteiger partial charge on any atom is 0.326 e. The normalized spacial score (nSPS) is 19.6. The van der Waals surface area contributed by atoms with Gasteiger partial charge in [0.1, 0.15) is 6.04 Å². The molecule has 0 spiro atoms. The first-order valence-electron chi connectivity index (χ1n) is 5.31. The number of carbonyl (C=O) groups is 2. The van der Waals surface area contributed by atoms with Crippen LogP contribution in [0.1, 0.15) is 25.7 Å². The number of hydrogen-bond donors (Lipinski definition) is 3. The van der Waals surface area contributed by atoms with E-state index in [1.807, 2.05) is 6.26 Å². The Balaban J connectivity index is 2.47. The number of rotatable bonds is 6. The Labute approximate surface area is 99.1 Å². The Hall–Kier alpha value is -0.750. The molecule has 5 nitrogen and oxygen atoms in total. The van der Waals surface area contributed by atoms with Gasteiger partial charge < -0.3 is 16.2 Å². The van der Waals surface area contributed by atoms with Crippen molar-refractivity contribution in [3.8, 4) is 0 Å². The van der Waals surface area contributed by atoms with E-state index < -0.39 is 17.6 Å². The van der Waals surface area contributed by atoms with E-state index in [1.165, 1.54) is 0 Å². The minimum Gasteiger partial charge on any atom is -0.480 e. The number of carbonyl (C=O) groups excluding carboxylic acids is 1. The molecule has 0 aliphatic heterocycles. The number of nitrogens with one attached hydrogen (secondary N) is 1. The third kappa shape index (κ3) is 3.12. The highest BCUT2D eigenvalue weighted by Crippen LogP contribution is 2.29. The van der Waals surface area contributed by atoms with E-state index in [-0.39, 0.29) is 5.91 Å². The molecule has 6 heteroatoms. The summed E-state index contributed by atoms with van der Waals surface area (Å²) in [6.45, 7) is 0. The Morgan fingerprint density at radius 3 is 2.56 bits per heavy atom. The summed E-state index contributed by atoms with van der Waals surface area (Å²) in [6.07, 6.45) is 4.56. The minimum absolute atomic E-state index is 0.327. The lowest BCUT2D eigenvalue weighted by molar-refractivity contribution is -0.143. The van der Waals surface area contributed by atoms with E-state index in [4.69, 9.17) is 10.8 Å². The third-order valence-electron chi connectivity index (χ3n) is 2.91. The molecule has 1 rings (SSSR count). The zero-order chi connectivity index (χ0) is 12.2. The van der Waals surface area contributed by atoms with Crippen molar-refractivity contribution in [1.29, 1.82) is 0 Å². The van der Waals surface area contributed by atoms with Gasteiger partial charge in [-0.15, -0.1) is 0 Å². The Kier molecular flexibility index (Phi) is 4.61. The predicted molar refractivity (Wildman–Crippen MR) is 63.3 cm³/mol. The van der Waals surface area contributed by atoms with Gasteiger partial charge in [-0.25, -0.2) is 4.79 Å². The van der Waals surface area contributed by atoms with Crippen molar-refractivity contribution in [1.82, 2.24) is 5.32 Å². The molecule has 0 aromatic heterocycles. The summed E-state index contributed by atoms with van der Waals surface area (Å²) in [5.74, 6) is -0.618. The minimum atomic E-state index is -0.995. The molecular weight excluding hydrogens is 228 g/mol. The lowest BCUT2D eigenvalue weighted by atomic mass is 9.77. The van der Waals surface area contributed by atoms with Gasteiger partial charge >= 0.3 is 5.97 Å². The molecule has 0 heterocycles. The molecule has 0 aromatic carbocycles. The number of aliphatic carboxylic acids is 1. The molecule has 1 atom stereocenters. The molecule has 0 saturated heterocycles. The molecule has 1 fully saturated rings. The van der Waals surface area contributed by atoms with E-state index in [1.54, 1.807) is 11.8 Å². The summed E-state index contributed by atoms with van der Waals surface area (Å²) in [5.41, 5.74) is 4.99. The number of amides is 1. The van der Waals surface area contributed by atoms with Crippen molar-refractivity contribution < 1.29 is 14.7 Å². The van der Waals surface area contributed by atoms with Crippen LogP contribution in [-0.2, 0) is 9.59 Å². The summed E-state index contributed by atoms with van der Waals surface area (Å²) in [6, 6.07) is -0.819. The molecule has 1 aliphatic rings. The van der Waals surface area contributed by atoms with Crippen LogP contribution in [0.3, 0.4) is 0 Å². The molecule has 0 radical (unpaired) electrons. The molecule has 1 saturated carbocycles. The second-order valence-electron chi connectivity index (χ2n) is 4.16. The molecule has 1 aliphatic carbocycles. The largest absolute Gasteiger partial charge is 0.480 e. The molecule has 0 aromatic rings. The van der Waals surface area contributed by atoms with Crippen LogP contribution in [0.25, 0.3) is 0 Å². The van der Waals surface area contributed by atoms with Crippen LogP contribution < -0.4 is 11.1 Å². The summed E-state index contributed by atoms with van der Waals surface area (Å²) >= 11 is 1.56. The highest BCUT2D eigenvalue weighted by Gasteiger charge is 2.41. The van der Waals surface area contributed by atoms with Gasteiger partial charge in [-0.1, -0.05) is 0 Å². The number of carboxylic acids is 1. The van der Waals surface area contributed by atoms with Crippen LogP contribution >= 0.6 is 11.8 Å². The van der Waals surface area contributed by atoms with Crippen molar-refractivity contribution in [2.24, 2.45) is 5.73 Å². The van der Waals surface area contributed by atoms with Crippen LogP contribution in [0.2, 0.25) is 0 Å². The van der Waals surface area contributed by atoms with Crippen LogP contribution in [0.4, 0.5) is 0 Å². The SMILES string of the molecule is CSCCC(NC(=O)C1(N)CCC1)C(=O)O. The van der Waals surface area contributed by atoms with E-state index in [0.717, 1.165) is 6.42 Å². The van der Waals surface area contributed by atoms with Gasteiger partial charge in [0.05, 0.1) is 5.54 Å². The Bertz CT molecular complexity index is 279. The van der Waals surface area contributed by atoms with Gasteiger partial charge in [-0.2, -0.15) is 11.8 Å². The first-order valence-corrected chi connectivity index (χ1v) is 6.70. The monoisotopic (exact) mass is 246 g/mol. The van der Waals surface area contributed by atoms with Gasteiger partial charge in [0.15, 0.2) is 0 Å². The van der Waals surface area contributed by atoms with Gasteiger partial charge in [0.25, 0.3) is 0 Å². The van der Waals surface area contributed by atoms with Gasteiger partial charge in [0.2, 0.25) is 5.91 Å². The standard InChI is InChI=1S/C10H18N2O3S/c1-16-6-3-7(8(13)14)12-9(15)10(11)4-2-5-10/h7H,2-6,11H2,1H3,(H,12,15)(H,13,14). The third-order valence-corrected chi connectivity index (χ3v) is 3.56. The van der Waals surface area contributed by atoms with Crippen molar-refractivity contribution in [2.75, 3.05) is 12.0 Å². The van der Waals surface area contributed by atoms with E-state index in [2.05, 4.69) is 5.32 Å². The molecule has 1 unspecified atom stereocenters. The summed E-state index contributed by atoms with van der Waals surface area (Å²) in [5, 5.41) is 11.5. The van der Waals surface area contributed by atoms with Crippen LogP contribution in [-0.4, -0.2) is 40.6 Å². The Morgan fingerprint density at radius 1 is 1.56 bits per heavy atom. The number of thioether (sulfide) groups is 1. The second kappa shape index (κ2) is 5.54. The fraction of sp³-hybridized carbons (Fsp3) is 0.800. The molecule has 92 valence electrons. The van der Waals surface area contributed by atoms with E-state index in [0.29, 0.717) is 25.0 Å². The van der Waals surface area contributed by atoms with E-state index in [9.17, 15) is 9.59 Å². The van der Waals surface area contributed by atoms with Gasteiger partial charge in [-0.05, 0) is 37.7 Å². The highest BCUT2D eigenvalue weighted by molar-refractivity contribution is 7.98. The van der Waals surface area contributed by atoms with Crippen molar-refractivity contribution in [3.05, 3.63) is 0 Å². The number of carboxylic acid groups (broad SMARTS) is 1. The topological polar surface area (TPSA) is 92.4 Å².